The molecule has 2 heteroatoms. The molecule has 1 aliphatic rings. The zero-order valence-electron chi connectivity index (χ0n) is 8.86. The summed E-state index contributed by atoms with van der Waals surface area (Å²) in [4.78, 5) is 4.64. The molecule has 1 heterocycles. The Morgan fingerprint density at radius 3 is 2.29 bits per heavy atom. The first-order chi connectivity index (χ1) is 6.83. The van der Waals surface area contributed by atoms with E-state index in [1.54, 1.807) is 0 Å². The summed E-state index contributed by atoms with van der Waals surface area (Å²) in [7, 11) is 0. The maximum atomic E-state index is 4.64. The van der Waals surface area contributed by atoms with Gasteiger partial charge in [0.25, 0.3) is 0 Å². The molecule has 1 aromatic carbocycles. The van der Waals surface area contributed by atoms with Crippen LogP contribution in [0.3, 0.4) is 0 Å². The van der Waals surface area contributed by atoms with Crippen LogP contribution in [0.25, 0.3) is 0 Å². The zero-order valence-corrected chi connectivity index (χ0v) is 8.86. The standard InChI is InChI=1S/C8H10.C4H7NO/c1-2-8-6-4-3-5-7-8;1-4-2-3-6-5-4/h3-7H,2H2,1H3;2-3H2,1H3. The molecule has 14 heavy (non-hydrogen) atoms. The van der Waals surface area contributed by atoms with E-state index in [1.807, 2.05) is 13.0 Å². The first-order valence-corrected chi connectivity index (χ1v) is 5.02. The second-order valence-corrected chi connectivity index (χ2v) is 3.25. The van der Waals surface area contributed by atoms with Gasteiger partial charge in [0.05, 0.1) is 5.71 Å². The van der Waals surface area contributed by atoms with Gasteiger partial charge in [0.15, 0.2) is 0 Å². The van der Waals surface area contributed by atoms with Gasteiger partial charge in [-0.15, -0.1) is 0 Å². The fourth-order valence-corrected chi connectivity index (χ4v) is 1.11. The summed E-state index contributed by atoms with van der Waals surface area (Å²) in [6.07, 6.45) is 2.15. The highest BCUT2D eigenvalue weighted by molar-refractivity contribution is 5.82. The molecule has 0 aliphatic carbocycles. The van der Waals surface area contributed by atoms with Gasteiger partial charge in [-0.2, -0.15) is 0 Å². The lowest BCUT2D eigenvalue weighted by atomic mass is 10.2. The molecule has 0 spiro atoms. The van der Waals surface area contributed by atoms with Crippen molar-refractivity contribution >= 4 is 5.71 Å². The highest BCUT2D eigenvalue weighted by atomic mass is 16.6. The van der Waals surface area contributed by atoms with Crippen LogP contribution < -0.4 is 0 Å². The maximum Gasteiger partial charge on any atom is 0.122 e. The Balaban J connectivity index is 0.000000146. The number of oxime groups is 1. The number of aryl methyl sites for hydroxylation is 1. The third-order valence-corrected chi connectivity index (χ3v) is 2.03. The fourth-order valence-electron chi connectivity index (χ4n) is 1.11. The van der Waals surface area contributed by atoms with Crippen LogP contribution in [0.1, 0.15) is 25.8 Å². The molecule has 1 aromatic rings. The van der Waals surface area contributed by atoms with E-state index in [0.717, 1.165) is 25.2 Å². The van der Waals surface area contributed by atoms with Crippen molar-refractivity contribution in [3.05, 3.63) is 35.9 Å². The molecule has 0 unspecified atom stereocenters. The van der Waals surface area contributed by atoms with Gasteiger partial charge in [0, 0.05) is 6.42 Å². The second kappa shape index (κ2) is 6.19. The molecule has 0 fully saturated rings. The predicted molar refractivity (Wildman–Crippen MR) is 59.5 cm³/mol. The molecule has 0 saturated heterocycles. The van der Waals surface area contributed by atoms with E-state index in [-0.39, 0.29) is 0 Å². The Bertz CT molecular complexity index is 280. The lowest BCUT2D eigenvalue weighted by molar-refractivity contribution is 0.173. The van der Waals surface area contributed by atoms with Crippen molar-refractivity contribution in [2.45, 2.75) is 26.7 Å². The average molecular weight is 191 g/mol. The van der Waals surface area contributed by atoms with Gasteiger partial charge in [0.2, 0.25) is 0 Å². The van der Waals surface area contributed by atoms with Crippen LogP contribution in [0, 0.1) is 0 Å². The smallest absolute Gasteiger partial charge is 0.122 e. The van der Waals surface area contributed by atoms with Crippen molar-refractivity contribution in [1.29, 1.82) is 0 Å². The first kappa shape index (κ1) is 10.8. The minimum Gasteiger partial charge on any atom is -0.395 e. The van der Waals surface area contributed by atoms with Crippen molar-refractivity contribution in [3.63, 3.8) is 0 Å². The SMILES string of the molecule is CC1=NOCC1.CCc1ccccc1. The minimum absolute atomic E-state index is 0.784. The van der Waals surface area contributed by atoms with Gasteiger partial charge in [-0.25, -0.2) is 0 Å². The Labute approximate surface area is 85.6 Å². The van der Waals surface area contributed by atoms with Gasteiger partial charge >= 0.3 is 0 Å². The Morgan fingerprint density at radius 1 is 1.29 bits per heavy atom. The monoisotopic (exact) mass is 191 g/mol. The van der Waals surface area contributed by atoms with Gasteiger partial charge < -0.3 is 4.84 Å². The van der Waals surface area contributed by atoms with Crippen LogP contribution in [-0.4, -0.2) is 12.3 Å². The number of hydrogen-bond donors (Lipinski definition) is 0. The van der Waals surface area contributed by atoms with Crippen molar-refractivity contribution < 1.29 is 4.84 Å². The molecule has 0 atom stereocenters. The summed E-state index contributed by atoms with van der Waals surface area (Å²) < 4.78 is 0. The summed E-state index contributed by atoms with van der Waals surface area (Å²) >= 11 is 0. The van der Waals surface area contributed by atoms with Crippen molar-refractivity contribution in [3.8, 4) is 0 Å². The van der Waals surface area contributed by atoms with E-state index in [1.165, 1.54) is 5.56 Å². The van der Waals surface area contributed by atoms with Crippen molar-refractivity contribution in [2.75, 3.05) is 6.61 Å². The van der Waals surface area contributed by atoms with E-state index in [0.29, 0.717) is 0 Å². The van der Waals surface area contributed by atoms with Gasteiger partial charge in [-0.05, 0) is 18.9 Å². The minimum atomic E-state index is 0.784. The summed E-state index contributed by atoms with van der Waals surface area (Å²) in [6.45, 7) is 4.91. The molecule has 76 valence electrons. The third-order valence-electron chi connectivity index (χ3n) is 2.03. The molecule has 0 amide bonds. The van der Waals surface area contributed by atoms with Crippen LogP contribution in [0.15, 0.2) is 35.5 Å². The van der Waals surface area contributed by atoms with E-state index >= 15 is 0 Å². The number of nitrogens with zero attached hydrogens (tertiary/aromatic N) is 1. The summed E-state index contributed by atoms with van der Waals surface area (Å²) in [5.74, 6) is 0. The van der Waals surface area contributed by atoms with E-state index in [2.05, 4.69) is 41.2 Å². The first-order valence-electron chi connectivity index (χ1n) is 5.02. The molecule has 2 rings (SSSR count). The van der Waals surface area contributed by atoms with E-state index in [9.17, 15) is 0 Å². The quantitative estimate of drug-likeness (QED) is 0.668. The zero-order chi connectivity index (χ0) is 10.2. The van der Waals surface area contributed by atoms with Crippen LogP contribution >= 0.6 is 0 Å². The highest BCUT2D eigenvalue weighted by Gasteiger charge is 1.98. The predicted octanol–water partition coefficient (Wildman–Crippen LogP) is 3.03. The normalized spacial score (nSPS) is 13.7. The van der Waals surface area contributed by atoms with Gasteiger partial charge in [0.1, 0.15) is 6.61 Å². The number of rotatable bonds is 1. The number of benzene rings is 1. The van der Waals surface area contributed by atoms with Gasteiger partial charge in [-0.3, -0.25) is 0 Å². The van der Waals surface area contributed by atoms with Crippen LogP contribution in [-0.2, 0) is 11.3 Å². The van der Waals surface area contributed by atoms with Crippen molar-refractivity contribution in [2.24, 2.45) is 5.16 Å². The molecule has 0 bridgehead atoms. The molecular formula is C12H17NO. The number of hydrogen-bond acceptors (Lipinski definition) is 2. The fraction of sp³-hybridized carbons (Fsp3) is 0.417. The molecule has 2 nitrogen and oxygen atoms in total. The topological polar surface area (TPSA) is 21.6 Å². The maximum absolute atomic E-state index is 4.64. The van der Waals surface area contributed by atoms with E-state index in [4.69, 9.17) is 0 Å². The van der Waals surface area contributed by atoms with Crippen LogP contribution in [0.4, 0.5) is 0 Å². The lowest BCUT2D eigenvalue weighted by Gasteiger charge is -1.89. The third kappa shape index (κ3) is 4.08. The summed E-state index contributed by atoms with van der Waals surface area (Å²) in [6, 6.07) is 10.5. The summed E-state index contributed by atoms with van der Waals surface area (Å²) in [5, 5.41) is 3.65. The Hall–Kier alpha value is -1.31. The average Bonchev–Trinajstić information content (AvgIpc) is 2.71. The van der Waals surface area contributed by atoms with Gasteiger partial charge in [-0.1, -0.05) is 42.4 Å². The largest absolute Gasteiger partial charge is 0.395 e. The molecule has 1 aliphatic heterocycles. The Kier molecular flexibility index (Phi) is 4.76. The second-order valence-electron chi connectivity index (χ2n) is 3.25. The van der Waals surface area contributed by atoms with Crippen LogP contribution in [0.5, 0.6) is 0 Å². The molecule has 0 N–H and O–H groups in total. The lowest BCUT2D eigenvalue weighted by Crippen LogP contribution is -1.82. The van der Waals surface area contributed by atoms with E-state index < -0.39 is 0 Å². The summed E-state index contributed by atoms with van der Waals surface area (Å²) in [5.41, 5.74) is 2.52. The highest BCUT2D eigenvalue weighted by Crippen LogP contribution is 1.97. The molecule has 0 radical (unpaired) electrons. The molecular weight excluding hydrogens is 174 g/mol. The van der Waals surface area contributed by atoms with Crippen LogP contribution in [0.2, 0.25) is 0 Å². The van der Waals surface area contributed by atoms with Crippen molar-refractivity contribution in [1.82, 2.24) is 0 Å². The molecule has 0 aromatic heterocycles. The Morgan fingerprint density at radius 2 is 2.00 bits per heavy atom. The molecule has 0 saturated carbocycles.